The van der Waals surface area contributed by atoms with Crippen molar-refractivity contribution in [1.29, 1.82) is 0 Å². The average molecular weight is 531 g/mol. The largest absolute Gasteiger partial charge is 0.490 e. The summed E-state index contributed by atoms with van der Waals surface area (Å²) in [6.07, 6.45) is -2.50. The smallest absolute Gasteiger partial charge is 0.437 e. The summed E-state index contributed by atoms with van der Waals surface area (Å²) >= 11 is 23.5. The van der Waals surface area contributed by atoms with E-state index in [0.29, 0.717) is 24.2 Å². The maximum absolute atomic E-state index is 13.3. The van der Waals surface area contributed by atoms with Gasteiger partial charge in [-0.3, -0.25) is 0 Å². The van der Waals surface area contributed by atoms with Gasteiger partial charge in [0.1, 0.15) is 24.0 Å². The molecule has 0 aliphatic carbocycles. The van der Waals surface area contributed by atoms with Gasteiger partial charge in [0.15, 0.2) is 11.5 Å². The molecule has 0 bridgehead atoms. The van der Waals surface area contributed by atoms with E-state index < -0.39 is 11.9 Å². The molecule has 0 aromatic heterocycles. The second-order valence-corrected chi connectivity index (χ2v) is 8.07. The van der Waals surface area contributed by atoms with Crippen LogP contribution in [0.25, 0.3) is 0 Å². The van der Waals surface area contributed by atoms with E-state index in [1.165, 1.54) is 30.3 Å². The first-order valence-corrected chi connectivity index (χ1v) is 10.7. The highest BCUT2D eigenvalue weighted by Gasteiger charge is 2.38. The molecule has 11 heteroatoms. The third-order valence-corrected chi connectivity index (χ3v) is 4.89. The molecule has 0 saturated heterocycles. The standard InChI is InChI=1S/C21H18Cl4F3NO3/c1-30-29-20(21(26,27)28)15-7-3-2-5-13(15)6-4-9-32-19-16(22)11-14(12-17(19)23)31-10-8-18(24)25/h2-3,5,7-8,11-12H,4,6,9-10H2,1H3/b29-20-. The summed E-state index contributed by atoms with van der Waals surface area (Å²) in [4.78, 5) is 4.38. The molecule has 2 rings (SSSR count). The van der Waals surface area contributed by atoms with Crippen molar-refractivity contribution < 1.29 is 27.5 Å². The van der Waals surface area contributed by atoms with Gasteiger partial charge in [0.05, 0.1) is 16.7 Å². The molecule has 2 aromatic carbocycles. The topological polar surface area (TPSA) is 40.0 Å². The van der Waals surface area contributed by atoms with Gasteiger partial charge >= 0.3 is 6.18 Å². The Hall–Kier alpha value is -1.80. The van der Waals surface area contributed by atoms with Crippen molar-refractivity contribution in [3.8, 4) is 11.5 Å². The number of benzene rings is 2. The third-order valence-electron chi connectivity index (χ3n) is 4.02. The lowest BCUT2D eigenvalue weighted by Gasteiger charge is -2.15. The van der Waals surface area contributed by atoms with Crippen molar-refractivity contribution >= 4 is 52.1 Å². The molecule has 0 spiro atoms. The number of aryl methyl sites for hydroxylation is 1. The van der Waals surface area contributed by atoms with Gasteiger partial charge < -0.3 is 14.3 Å². The second-order valence-electron chi connectivity index (χ2n) is 6.25. The molecule has 0 heterocycles. The zero-order chi connectivity index (χ0) is 23.7. The summed E-state index contributed by atoms with van der Waals surface area (Å²) < 4.78 is 51.1. The van der Waals surface area contributed by atoms with E-state index in [0.717, 1.165) is 7.11 Å². The minimum Gasteiger partial charge on any atom is -0.490 e. The molecular formula is C21H18Cl4F3NO3. The zero-order valence-corrected chi connectivity index (χ0v) is 19.7. The van der Waals surface area contributed by atoms with E-state index in [4.69, 9.17) is 55.9 Å². The van der Waals surface area contributed by atoms with Crippen LogP contribution in [0.4, 0.5) is 13.2 Å². The molecule has 174 valence electrons. The van der Waals surface area contributed by atoms with Crippen molar-refractivity contribution in [1.82, 2.24) is 0 Å². The van der Waals surface area contributed by atoms with Gasteiger partial charge in [-0.15, -0.1) is 0 Å². The summed E-state index contributed by atoms with van der Waals surface area (Å²) in [6, 6.07) is 9.14. The van der Waals surface area contributed by atoms with Crippen molar-refractivity contribution in [3.63, 3.8) is 0 Å². The Morgan fingerprint density at radius 3 is 2.31 bits per heavy atom. The quantitative estimate of drug-likeness (QED) is 0.180. The highest BCUT2D eigenvalue weighted by molar-refractivity contribution is 6.55. The summed E-state index contributed by atoms with van der Waals surface area (Å²) in [5.41, 5.74) is -0.690. The molecule has 0 aliphatic heterocycles. The lowest BCUT2D eigenvalue weighted by Crippen LogP contribution is -2.25. The van der Waals surface area contributed by atoms with Crippen LogP contribution in [0.1, 0.15) is 17.5 Å². The molecule has 0 unspecified atom stereocenters. The Labute approximate surface area is 203 Å². The normalized spacial score (nSPS) is 11.8. The SMILES string of the molecule is CO/N=C(/c1ccccc1CCCOc1c(Cl)cc(OCC=C(Cl)Cl)cc1Cl)C(F)(F)F. The van der Waals surface area contributed by atoms with Crippen LogP contribution in [-0.4, -0.2) is 32.2 Å². The Balaban J connectivity index is 2.03. The van der Waals surface area contributed by atoms with Crippen molar-refractivity contribution in [2.24, 2.45) is 5.16 Å². The number of oxime groups is 1. The minimum atomic E-state index is -4.65. The zero-order valence-electron chi connectivity index (χ0n) is 16.7. The minimum absolute atomic E-state index is 0.0504. The van der Waals surface area contributed by atoms with Crippen LogP contribution in [0.2, 0.25) is 10.0 Å². The van der Waals surface area contributed by atoms with Crippen molar-refractivity contribution in [3.05, 3.63) is 68.1 Å². The van der Waals surface area contributed by atoms with Gasteiger partial charge in [0, 0.05) is 17.7 Å². The fourth-order valence-electron chi connectivity index (χ4n) is 2.71. The van der Waals surface area contributed by atoms with Crippen LogP contribution in [0, 0.1) is 0 Å². The molecule has 0 N–H and O–H groups in total. The number of hydrogen-bond donors (Lipinski definition) is 0. The first-order valence-electron chi connectivity index (χ1n) is 9.16. The van der Waals surface area contributed by atoms with Crippen LogP contribution in [0.3, 0.4) is 0 Å². The third kappa shape index (κ3) is 7.96. The summed E-state index contributed by atoms with van der Waals surface area (Å²) in [7, 11) is 1.07. The molecule has 0 amide bonds. The fourth-order valence-corrected chi connectivity index (χ4v) is 3.41. The van der Waals surface area contributed by atoms with Gasteiger partial charge in [-0.25, -0.2) is 0 Å². The average Bonchev–Trinajstić information content (AvgIpc) is 2.70. The predicted molar refractivity (Wildman–Crippen MR) is 122 cm³/mol. The maximum Gasteiger partial charge on any atom is 0.437 e. The van der Waals surface area contributed by atoms with Crippen molar-refractivity contribution in [2.75, 3.05) is 20.3 Å². The summed E-state index contributed by atoms with van der Waals surface area (Å²) in [6.45, 7) is 0.294. The summed E-state index contributed by atoms with van der Waals surface area (Å²) in [5.74, 6) is 0.640. The lowest BCUT2D eigenvalue weighted by atomic mass is 9.99. The maximum atomic E-state index is 13.3. The van der Waals surface area contributed by atoms with Crippen LogP contribution in [0.15, 0.2) is 52.1 Å². The van der Waals surface area contributed by atoms with Crippen molar-refractivity contribution in [2.45, 2.75) is 19.0 Å². The van der Waals surface area contributed by atoms with Gasteiger partial charge in [0.25, 0.3) is 0 Å². The van der Waals surface area contributed by atoms with Crippen LogP contribution < -0.4 is 9.47 Å². The molecule has 4 nitrogen and oxygen atoms in total. The first-order chi connectivity index (χ1) is 15.1. The van der Waals surface area contributed by atoms with Gasteiger partial charge in [-0.05, 0) is 24.5 Å². The van der Waals surface area contributed by atoms with E-state index in [1.807, 2.05) is 0 Å². The fraction of sp³-hybridized carbons (Fsp3) is 0.286. The number of alkyl halides is 3. The van der Waals surface area contributed by atoms with Crippen LogP contribution in [0.5, 0.6) is 11.5 Å². The molecule has 2 aromatic rings. The van der Waals surface area contributed by atoms with Gasteiger partial charge in [0.2, 0.25) is 0 Å². The molecule has 32 heavy (non-hydrogen) atoms. The monoisotopic (exact) mass is 529 g/mol. The Morgan fingerprint density at radius 2 is 1.72 bits per heavy atom. The number of ether oxygens (including phenoxy) is 2. The number of hydrogen-bond acceptors (Lipinski definition) is 4. The number of halogens is 7. The van der Waals surface area contributed by atoms with Gasteiger partial charge in [-0.2, -0.15) is 13.2 Å². The first kappa shape index (κ1) is 26.5. The molecule has 0 fully saturated rings. The summed E-state index contributed by atoms with van der Waals surface area (Å²) in [5, 5.41) is 3.61. The Bertz CT molecular complexity index is 954. The molecule has 0 atom stereocenters. The van der Waals surface area contributed by atoms with E-state index in [1.54, 1.807) is 12.1 Å². The Morgan fingerprint density at radius 1 is 1.06 bits per heavy atom. The van der Waals surface area contributed by atoms with Crippen LogP contribution >= 0.6 is 46.4 Å². The van der Waals surface area contributed by atoms with E-state index in [-0.39, 0.29) is 39.1 Å². The predicted octanol–water partition coefficient (Wildman–Crippen LogP) is 7.62. The Kier molecular flexibility index (Phi) is 10.3. The van der Waals surface area contributed by atoms with Gasteiger partial charge in [-0.1, -0.05) is 75.8 Å². The van der Waals surface area contributed by atoms with E-state index in [9.17, 15) is 13.2 Å². The van der Waals surface area contributed by atoms with E-state index in [2.05, 4.69) is 9.99 Å². The number of rotatable bonds is 10. The second kappa shape index (κ2) is 12.4. The molecule has 0 aliphatic rings. The molecular weight excluding hydrogens is 513 g/mol. The number of nitrogens with zero attached hydrogens (tertiary/aromatic N) is 1. The highest BCUT2D eigenvalue weighted by atomic mass is 35.5. The van der Waals surface area contributed by atoms with Crippen LogP contribution in [-0.2, 0) is 11.3 Å². The molecule has 0 radical (unpaired) electrons. The lowest BCUT2D eigenvalue weighted by molar-refractivity contribution is -0.0608. The molecule has 0 saturated carbocycles. The highest BCUT2D eigenvalue weighted by Crippen LogP contribution is 2.37. The van der Waals surface area contributed by atoms with E-state index >= 15 is 0 Å².